The van der Waals surface area contributed by atoms with Crippen LogP contribution in [-0.2, 0) is 16.1 Å². The Morgan fingerprint density at radius 2 is 2.35 bits per heavy atom. The van der Waals surface area contributed by atoms with Crippen molar-refractivity contribution in [3.8, 4) is 0 Å². The number of rotatable bonds is 8. The highest BCUT2D eigenvalue weighted by molar-refractivity contribution is 7.09. The van der Waals surface area contributed by atoms with Crippen molar-refractivity contribution in [2.75, 3.05) is 26.8 Å². The van der Waals surface area contributed by atoms with E-state index in [1.54, 1.807) is 18.4 Å². The molecule has 1 aromatic rings. The van der Waals surface area contributed by atoms with E-state index in [0.29, 0.717) is 26.1 Å². The maximum absolute atomic E-state index is 11.3. The summed E-state index contributed by atoms with van der Waals surface area (Å²) in [4.78, 5) is 16.7. The minimum Gasteiger partial charge on any atom is -0.383 e. The highest BCUT2D eigenvalue weighted by Gasteiger charge is 2.02. The van der Waals surface area contributed by atoms with Crippen molar-refractivity contribution in [1.82, 2.24) is 15.6 Å². The molecule has 0 aliphatic heterocycles. The number of carbonyl (C=O) groups excluding carboxylic acids is 1. The molecule has 0 atom stereocenters. The largest absolute Gasteiger partial charge is 0.383 e. The van der Waals surface area contributed by atoms with Gasteiger partial charge >= 0.3 is 0 Å². The smallest absolute Gasteiger partial charge is 0.221 e. The van der Waals surface area contributed by atoms with Crippen molar-refractivity contribution < 1.29 is 9.53 Å². The van der Waals surface area contributed by atoms with Crippen LogP contribution in [0.5, 0.6) is 0 Å². The predicted octanol–water partition coefficient (Wildman–Crippen LogP) is 0.694. The Morgan fingerprint density at radius 1 is 1.53 bits per heavy atom. The molecule has 0 saturated carbocycles. The number of amides is 1. The van der Waals surface area contributed by atoms with E-state index in [9.17, 15) is 4.79 Å². The van der Waals surface area contributed by atoms with Crippen LogP contribution in [0.15, 0.2) is 5.51 Å². The maximum Gasteiger partial charge on any atom is 0.221 e. The quantitative estimate of drug-likeness (QED) is 0.673. The number of methoxy groups -OCH3 is 1. The van der Waals surface area contributed by atoms with Gasteiger partial charge < -0.3 is 15.4 Å². The molecule has 0 aliphatic rings. The number of aromatic nitrogens is 1. The van der Waals surface area contributed by atoms with Crippen LogP contribution in [0.2, 0.25) is 0 Å². The number of hydrogen-bond donors (Lipinski definition) is 2. The van der Waals surface area contributed by atoms with Crippen LogP contribution in [0.1, 0.15) is 17.0 Å². The van der Waals surface area contributed by atoms with Crippen LogP contribution in [0.25, 0.3) is 0 Å². The second-order valence-corrected chi connectivity index (χ2v) is 4.57. The molecule has 1 aromatic heterocycles. The van der Waals surface area contributed by atoms with E-state index in [1.165, 1.54) is 4.88 Å². The fraction of sp³-hybridized carbons (Fsp3) is 0.636. The molecule has 1 heterocycles. The standard InChI is InChI=1S/C11H19N3O2S/c1-9-10(17-8-14-9)7-12-4-3-11(15)13-5-6-16-2/h8,12H,3-7H2,1-2H3,(H,13,15). The van der Waals surface area contributed by atoms with E-state index < -0.39 is 0 Å². The van der Waals surface area contributed by atoms with Gasteiger partial charge in [0.25, 0.3) is 0 Å². The summed E-state index contributed by atoms with van der Waals surface area (Å²) in [6.07, 6.45) is 0.488. The average Bonchev–Trinajstić information content (AvgIpc) is 2.71. The Morgan fingerprint density at radius 3 is 3.00 bits per heavy atom. The summed E-state index contributed by atoms with van der Waals surface area (Å²) in [6, 6.07) is 0. The van der Waals surface area contributed by atoms with Gasteiger partial charge in [-0.25, -0.2) is 4.98 Å². The first-order valence-electron chi connectivity index (χ1n) is 5.59. The third-order valence-electron chi connectivity index (χ3n) is 2.29. The Hall–Kier alpha value is -0.980. The van der Waals surface area contributed by atoms with E-state index in [2.05, 4.69) is 15.6 Å². The van der Waals surface area contributed by atoms with E-state index >= 15 is 0 Å². The highest BCUT2D eigenvalue weighted by atomic mass is 32.1. The summed E-state index contributed by atoms with van der Waals surface area (Å²) < 4.78 is 4.84. The lowest BCUT2D eigenvalue weighted by Crippen LogP contribution is -2.29. The van der Waals surface area contributed by atoms with Crippen LogP contribution >= 0.6 is 11.3 Å². The lowest BCUT2D eigenvalue weighted by Gasteiger charge is -2.05. The molecule has 5 nitrogen and oxygen atoms in total. The fourth-order valence-electron chi connectivity index (χ4n) is 1.28. The molecule has 0 aromatic carbocycles. The summed E-state index contributed by atoms with van der Waals surface area (Å²) in [5.74, 6) is 0.0515. The third kappa shape index (κ3) is 5.76. The van der Waals surface area contributed by atoms with E-state index in [-0.39, 0.29) is 5.91 Å². The molecule has 0 spiro atoms. The van der Waals surface area contributed by atoms with Crippen molar-refractivity contribution in [3.05, 3.63) is 16.1 Å². The summed E-state index contributed by atoms with van der Waals surface area (Å²) in [6.45, 7) is 4.57. The van der Waals surface area contributed by atoms with Crippen molar-refractivity contribution in [2.24, 2.45) is 0 Å². The zero-order valence-corrected chi connectivity index (χ0v) is 11.1. The molecular formula is C11H19N3O2S. The van der Waals surface area contributed by atoms with Gasteiger partial charge in [0.1, 0.15) is 0 Å². The van der Waals surface area contributed by atoms with Crippen molar-refractivity contribution in [3.63, 3.8) is 0 Å². The average molecular weight is 257 g/mol. The Bertz CT molecular complexity index is 341. The molecule has 6 heteroatoms. The fourth-order valence-corrected chi connectivity index (χ4v) is 2.03. The van der Waals surface area contributed by atoms with Crippen LogP contribution in [0.3, 0.4) is 0 Å². The number of nitrogens with one attached hydrogen (secondary N) is 2. The monoisotopic (exact) mass is 257 g/mol. The lowest BCUT2D eigenvalue weighted by molar-refractivity contribution is -0.121. The van der Waals surface area contributed by atoms with Crippen LogP contribution in [0.4, 0.5) is 0 Å². The number of hydrogen-bond acceptors (Lipinski definition) is 5. The molecule has 0 saturated heterocycles. The minimum absolute atomic E-state index is 0.0515. The van der Waals surface area contributed by atoms with Gasteiger partial charge in [-0.2, -0.15) is 0 Å². The van der Waals surface area contributed by atoms with Gasteiger partial charge in [0, 0.05) is 38.0 Å². The number of ether oxygens (including phenoxy) is 1. The molecule has 0 radical (unpaired) electrons. The molecule has 0 bridgehead atoms. The number of thiazole rings is 1. The van der Waals surface area contributed by atoms with Gasteiger partial charge in [0.2, 0.25) is 5.91 Å². The summed E-state index contributed by atoms with van der Waals surface area (Å²) in [7, 11) is 1.62. The van der Waals surface area contributed by atoms with Crippen LogP contribution in [-0.4, -0.2) is 37.7 Å². The normalized spacial score (nSPS) is 10.5. The molecule has 17 heavy (non-hydrogen) atoms. The Kier molecular flexibility index (Phi) is 6.76. The molecular weight excluding hydrogens is 238 g/mol. The van der Waals surface area contributed by atoms with E-state index in [1.807, 2.05) is 12.4 Å². The zero-order valence-electron chi connectivity index (χ0n) is 10.3. The molecule has 2 N–H and O–H groups in total. The van der Waals surface area contributed by atoms with E-state index in [0.717, 1.165) is 12.2 Å². The topological polar surface area (TPSA) is 63.2 Å². The second kappa shape index (κ2) is 8.16. The first-order chi connectivity index (χ1) is 8.24. The van der Waals surface area contributed by atoms with Crippen molar-refractivity contribution in [2.45, 2.75) is 19.9 Å². The lowest BCUT2D eigenvalue weighted by atomic mass is 10.3. The van der Waals surface area contributed by atoms with Gasteiger partial charge in [-0.05, 0) is 6.92 Å². The first kappa shape index (κ1) is 14.1. The molecule has 1 amide bonds. The van der Waals surface area contributed by atoms with Crippen molar-refractivity contribution in [1.29, 1.82) is 0 Å². The Labute approximate surface area is 106 Å². The Balaban J connectivity index is 2.04. The van der Waals surface area contributed by atoms with Crippen molar-refractivity contribution >= 4 is 17.2 Å². The highest BCUT2D eigenvalue weighted by Crippen LogP contribution is 2.10. The van der Waals surface area contributed by atoms with Gasteiger partial charge in [-0.1, -0.05) is 0 Å². The predicted molar refractivity (Wildman–Crippen MR) is 68.1 cm³/mol. The number of carbonyl (C=O) groups is 1. The van der Waals surface area contributed by atoms with Gasteiger partial charge in [0.15, 0.2) is 0 Å². The zero-order chi connectivity index (χ0) is 12.5. The summed E-state index contributed by atoms with van der Waals surface area (Å²) in [5.41, 5.74) is 2.90. The number of aryl methyl sites for hydroxylation is 1. The SMILES string of the molecule is COCCNC(=O)CCNCc1scnc1C. The molecule has 0 unspecified atom stereocenters. The molecule has 96 valence electrons. The molecule has 0 fully saturated rings. The summed E-state index contributed by atoms with van der Waals surface area (Å²) >= 11 is 1.63. The maximum atomic E-state index is 11.3. The summed E-state index contributed by atoms with van der Waals surface area (Å²) in [5, 5.41) is 6.00. The first-order valence-corrected chi connectivity index (χ1v) is 6.47. The van der Waals surface area contributed by atoms with Gasteiger partial charge in [0.05, 0.1) is 17.8 Å². The van der Waals surface area contributed by atoms with Gasteiger partial charge in [-0.15, -0.1) is 11.3 Å². The van der Waals surface area contributed by atoms with Crippen LogP contribution in [0, 0.1) is 6.92 Å². The second-order valence-electron chi connectivity index (χ2n) is 3.63. The molecule has 1 rings (SSSR count). The third-order valence-corrected chi connectivity index (χ3v) is 3.22. The minimum atomic E-state index is 0.0515. The number of nitrogens with zero attached hydrogens (tertiary/aromatic N) is 1. The molecule has 0 aliphatic carbocycles. The van der Waals surface area contributed by atoms with Crippen LogP contribution < -0.4 is 10.6 Å². The van der Waals surface area contributed by atoms with E-state index in [4.69, 9.17) is 4.74 Å². The van der Waals surface area contributed by atoms with Gasteiger partial charge in [-0.3, -0.25) is 4.79 Å².